The molecule has 4 heteroatoms. The van der Waals surface area contributed by atoms with Gasteiger partial charge < -0.3 is 14.7 Å². The van der Waals surface area contributed by atoms with Gasteiger partial charge in [-0.15, -0.1) is 0 Å². The van der Waals surface area contributed by atoms with Crippen molar-refractivity contribution in [2.75, 3.05) is 13.6 Å². The Balaban J connectivity index is 1.57. The van der Waals surface area contributed by atoms with Gasteiger partial charge in [0.25, 0.3) is 0 Å². The maximum Gasteiger partial charge on any atom is 0.126 e. The summed E-state index contributed by atoms with van der Waals surface area (Å²) in [5.74, 6) is 0.765. The summed E-state index contributed by atoms with van der Waals surface area (Å²) in [4.78, 5) is 2.27. The van der Waals surface area contributed by atoms with E-state index in [0.717, 1.165) is 38.0 Å². The molecule has 1 aliphatic rings. The fourth-order valence-electron chi connectivity index (χ4n) is 3.53. The van der Waals surface area contributed by atoms with Gasteiger partial charge in [0.1, 0.15) is 18.0 Å². The van der Waals surface area contributed by atoms with Gasteiger partial charge in [0.2, 0.25) is 0 Å². The number of rotatable bonds is 6. The van der Waals surface area contributed by atoms with Crippen molar-refractivity contribution in [2.24, 2.45) is 0 Å². The van der Waals surface area contributed by atoms with E-state index < -0.39 is 6.10 Å². The standard InChI is InChI=1S/C21H26ClNO2/c1-23(15-14-16-6-3-2-4-7-16)19-8-5-9-20(21(19)24)25-18-12-10-17(22)11-13-18/h2-4,6-7,10-13,19-21,24H,5,8-9,14-15H2,1H3/t19-,20+,21+/m0/s1. The van der Waals surface area contributed by atoms with Crippen molar-refractivity contribution in [2.45, 2.75) is 43.9 Å². The van der Waals surface area contributed by atoms with Crippen LogP contribution >= 0.6 is 11.6 Å². The molecule has 1 fully saturated rings. The van der Waals surface area contributed by atoms with Crippen LogP contribution in [0.2, 0.25) is 5.02 Å². The lowest BCUT2D eigenvalue weighted by molar-refractivity contribution is -0.0469. The Hall–Kier alpha value is -1.55. The van der Waals surface area contributed by atoms with Gasteiger partial charge in [-0.3, -0.25) is 0 Å². The van der Waals surface area contributed by atoms with Crippen molar-refractivity contribution in [3.63, 3.8) is 0 Å². The molecule has 134 valence electrons. The summed E-state index contributed by atoms with van der Waals surface area (Å²) >= 11 is 5.92. The summed E-state index contributed by atoms with van der Waals surface area (Å²) in [7, 11) is 2.10. The molecule has 1 saturated carbocycles. The van der Waals surface area contributed by atoms with E-state index in [4.69, 9.17) is 16.3 Å². The van der Waals surface area contributed by atoms with Gasteiger partial charge >= 0.3 is 0 Å². The molecule has 3 nitrogen and oxygen atoms in total. The summed E-state index contributed by atoms with van der Waals surface area (Å²) in [5, 5.41) is 11.5. The minimum absolute atomic E-state index is 0.134. The molecular formula is C21H26ClNO2. The van der Waals surface area contributed by atoms with Crippen LogP contribution in [0, 0.1) is 0 Å². The van der Waals surface area contributed by atoms with E-state index in [2.05, 4.69) is 36.2 Å². The quantitative estimate of drug-likeness (QED) is 0.840. The van der Waals surface area contributed by atoms with E-state index in [9.17, 15) is 5.11 Å². The number of benzene rings is 2. The Morgan fingerprint density at radius 3 is 2.52 bits per heavy atom. The summed E-state index contributed by atoms with van der Waals surface area (Å²) in [6.45, 7) is 0.930. The van der Waals surface area contributed by atoms with Crippen molar-refractivity contribution in [1.29, 1.82) is 0 Å². The summed E-state index contributed by atoms with van der Waals surface area (Å²) in [6, 6.07) is 18.0. The maximum atomic E-state index is 10.8. The minimum Gasteiger partial charge on any atom is -0.488 e. The monoisotopic (exact) mass is 359 g/mol. The number of aliphatic hydroxyl groups excluding tert-OH is 1. The molecule has 0 spiro atoms. The highest BCUT2D eigenvalue weighted by Crippen LogP contribution is 2.27. The molecule has 0 heterocycles. The second kappa shape index (κ2) is 8.70. The molecule has 0 saturated heterocycles. The molecule has 1 aliphatic carbocycles. The van der Waals surface area contributed by atoms with Gasteiger partial charge in [0.05, 0.1) is 0 Å². The first-order chi connectivity index (χ1) is 12.1. The van der Waals surface area contributed by atoms with Crippen LogP contribution in [0.15, 0.2) is 54.6 Å². The Kier molecular flexibility index (Phi) is 6.35. The van der Waals surface area contributed by atoms with Crippen LogP contribution in [0.25, 0.3) is 0 Å². The molecule has 0 aliphatic heterocycles. The second-order valence-corrected chi connectivity index (χ2v) is 7.25. The van der Waals surface area contributed by atoms with E-state index in [-0.39, 0.29) is 12.1 Å². The van der Waals surface area contributed by atoms with Crippen LogP contribution in [-0.2, 0) is 6.42 Å². The van der Waals surface area contributed by atoms with Gasteiger partial charge in [-0.25, -0.2) is 0 Å². The Labute approximate surface area is 155 Å². The van der Waals surface area contributed by atoms with Crippen LogP contribution < -0.4 is 4.74 Å². The molecule has 3 rings (SSSR count). The third-order valence-corrected chi connectivity index (χ3v) is 5.28. The normalized spacial score (nSPS) is 23.6. The third kappa shape index (κ3) is 4.97. The maximum absolute atomic E-state index is 10.8. The van der Waals surface area contributed by atoms with Crippen LogP contribution in [-0.4, -0.2) is 41.8 Å². The third-order valence-electron chi connectivity index (χ3n) is 5.03. The second-order valence-electron chi connectivity index (χ2n) is 6.82. The fraction of sp³-hybridized carbons (Fsp3) is 0.429. The number of hydrogen-bond donors (Lipinski definition) is 1. The molecule has 25 heavy (non-hydrogen) atoms. The Morgan fingerprint density at radius 2 is 1.80 bits per heavy atom. The summed E-state index contributed by atoms with van der Waals surface area (Å²) in [6.07, 6.45) is 3.29. The highest BCUT2D eigenvalue weighted by atomic mass is 35.5. The largest absolute Gasteiger partial charge is 0.488 e. The van der Waals surface area contributed by atoms with Gasteiger partial charge in [-0.05, 0) is 62.6 Å². The van der Waals surface area contributed by atoms with E-state index >= 15 is 0 Å². The predicted octanol–water partition coefficient (Wildman–Crippen LogP) is 4.18. The van der Waals surface area contributed by atoms with Gasteiger partial charge in [0.15, 0.2) is 0 Å². The number of ether oxygens (including phenoxy) is 1. The van der Waals surface area contributed by atoms with E-state index in [1.54, 1.807) is 0 Å². The lowest BCUT2D eigenvalue weighted by Gasteiger charge is -2.39. The highest BCUT2D eigenvalue weighted by molar-refractivity contribution is 6.30. The van der Waals surface area contributed by atoms with Gasteiger partial charge in [0, 0.05) is 17.6 Å². The minimum atomic E-state index is -0.481. The lowest BCUT2D eigenvalue weighted by Crippen LogP contribution is -2.52. The molecule has 0 bridgehead atoms. The summed E-state index contributed by atoms with van der Waals surface area (Å²) < 4.78 is 6.03. The van der Waals surface area contributed by atoms with Crippen molar-refractivity contribution in [1.82, 2.24) is 4.90 Å². The SMILES string of the molecule is CN(CCc1ccccc1)[C@H]1CCC[C@@H](Oc2ccc(Cl)cc2)[C@@H]1O. The van der Waals surface area contributed by atoms with Crippen LogP contribution in [0.3, 0.4) is 0 Å². The van der Waals surface area contributed by atoms with Crippen molar-refractivity contribution < 1.29 is 9.84 Å². The Morgan fingerprint density at radius 1 is 1.08 bits per heavy atom. The van der Waals surface area contributed by atoms with Crippen LogP contribution in [0.4, 0.5) is 0 Å². The lowest BCUT2D eigenvalue weighted by atomic mass is 9.88. The first-order valence-electron chi connectivity index (χ1n) is 8.98. The van der Waals surface area contributed by atoms with E-state index in [1.807, 2.05) is 30.3 Å². The number of halogens is 1. The van der Waals surface area contributed by atoms with Gasteiger partial charge in [-0.2, -0.15) is 0 Å². The zero-order valence-corrected chi connectivity index (χ0v) is 15.4. The number of hydrogen-bond acceptors (Lipinski definition) is 3. The molecule has 0 amide bonds. The van der Waals surface area contributed by atoms with Crippen molar-refractivity contribution >= 4 is 11.6 Å². The average molecular weight is 360 g/mol. The molecule has 0 aromatic heterocycles. The number of nitrogens with zero attached hydrogens (tertiary/aromatic N) is 1. The first-order valence-corrected chi connectivity index (χ1v) is 9.36. The smallest absolute Gasteiger partial charge is 0.126 e. The molecule has 0 radical (unpaired) electrons. The van der Waals surface area contributed by atoms with E-state index in [0.29, 0.717) is 5.02 Å². The highest BCUT2D eigenvalue weighted by Gasteiger charge is 2.35. The molecule has 2 aromatic carbocycles. The topological polar surface area (TPSA) is 32.7 Å². The Bertz CT molecular complexity index is 647. The average Bonchev–Trinajstić information content (AvgIpc) is 2.64. The molecule has 1 N–H and O–H groups in total. The van der Waals surface area contributed by atoms with Crippen molar-refractivity contribution in [3.05, 3.63) is 65.2 Å². The zero-order chi connectivity index (χ0) is 17.6. The van der Waals surface area contributed by atoms with Gasteiger partial charge in [-0.1, -0.05) is 41.9 Å². The van der Waals surface area contributed by atoms with Crippen molar-refractivity contribution in [3.8, 4) is 5.75 Å². The first kappa shape index (κ1) is 18.2. The molecule has 2 aromatic rings. The number of aliphatic hydroxyl groups is 1. The van der Waals surface area contributed by atoms with Crippen LogP contribution in [0.5, 0.6) is 5.75 Å². The van der Waals surface area contributed by atoms with Crippen LogP contribution in [0.1, 0.15) is 24.8 Å². The zero-order valence-electron chi connectivity index (χ0n) is 14.6. The molecule has 3 atom stereocenters. The fourth-order valence-corrected chi connectivity index (χ4v) is 3.66. The van der Waals surface area contributed by atoms with E-state index in [1.165, 1.54) is 5.56 Å². The predicted molar refractivity (Wildman–Crippen MR) is 102 cm³/mol. The summed E-state index contributed by atoms with van der Waals surface area (Å²) in [5.41, 5.74) is 1.33. The number of likely N-dealkylation sites (N-methyl/N-ethyl adjacent to an activating group) is 1. The molecule has 0 unspecified atom stereocenters. The molecular weight excluding hydrogens is 334 g/mol.